The van der Waals surface area contributed by atoms with Gasteiger partial charge in [-0.15, -0.1) is 13.7 Å². The lowest BCUT2D eigenvalue weighted by Gasteiger charge is -2.24. The van der Waals surface area contributed by atoms with Gasteiger partial charge in [0.05, 0.1) is 13.2 Å². The minimum atomic E-state index is -0.418. The van der Waals surface area contributed by atoms with Crippen LogP contribution in [0.15, 0.2) is 0 Å². The smallest absolute Gasteiger partial charge is 0.410 e. The van der Waals surface area contributed by atoms with Crippen LogP contribution in [0.5, 0.6) is 0 Å². The van der Waals surface area contributed by atoms with E-state index in [1.165, 1.54) is 0 Å². The Labute approximate surface area is 147 Å². The molecule has 2 unspecified atom stereocenters. The second-order valence-electron chi connectivity index (χ2n) is 7.77. The highest BCUT2D eigenvalue weighted by Crippen LogP contribution is 2.26. The number of unbranched alkanes of at least 4 members (excludes halogenated alkanes) is 2. The molecule has 0 spiro atoms. The fourth-order valence-corrected chi connectivity index (χ4v) is 4.14. The molecule has 2 atom stereocenters. The molecule has 0 radical (unpaired) electrons. The van der Waals surface area contributed by atoms with Gasteiger partial charge < -0.3 is 19.1 Å². The molecule has 2 fully saturated rings. The third kappa shape index (κ3) is 6.64. The van der Waals surface area contributed by atoms with Crippen LogP contribution in [0.3, 0.4) is 0 Å². The Kier molecular flexibility index (Phi) is 7.00. The maximum Gasteiger partial charge on any atom is 0.410 e. The summed E-state index contributed by atoms with van der Waals surface area (Å²) in [6.45, 7) is 10.8. The van der Waals surface area contributed by atoms with Crippen LogP contribution in [-0.2, 0) is 14.2 Å². The van der Waals surface area contributed by atoms with E-state index in [-0.39, 0.29) is 11.9 Å². The lowest BCUT2D eigenvalue weighted by atomic mass is 10.1. The van der Waals surface area contributed by atoms with E-state index < -0.39 is 5.60 Å². The van der Waals surface area contributed by atoms with Gasteiger partial charge in [-0.3, -0.25) is 0 Å². The SMILES string of the molecule is CC(C)(C)OC(=O)N1CCC([PH]#CCCCCC2(C)OCCO2)C1. The summed E-state index contributed by atoms with van der Waals surface area (Å²) in [5, 5.41) is 0. The van der Waals surface area contributed by atoms with Crippen molar-refractivity contribution in [3.63, 3.8) is 0 Å². The zero-order valence-corrected chi connectivity index (χ0v) is 16.5. The van der Waals surface area contributed by atoms with Gasteiger partial charge in [0, 0.05) is 31.6 Å². The van der Waals surface area contributed by atoms with E-state index in [4.69, 9.17) is 14.2 Å². The average Bonchev–Trinajstić information content (AvgIpc) is 3.10. The molecule has 2 aliphatic heterocycles. The highest BCUT2D eigenvalue weighted by molar-refractivity contribution is 7.27. The van der Waals surface area contributed by atoms with E-state index in [0.717, 1.165) is 45.2 Å². The first-order valence-corrected chi connectivity index (χ1v) is 10.1. The highest BCUT2D eigenvalue weighted by atomic mass is 31.0. The van der Waals surface area contributed by atoms with Crippen LogP contribution >= 0.6 is 8.04 Å². The molecule has 1 amide bonds. The predicted octanol–water partition coefficient (Wildman–Crippen LogP) is 3.96. The second kappa shape index (κ2) is 8.58. The van der Waals surface area contributed by atoms with Crippen LogP contribution in [0, 0.1) is 5.63 Å². The number of hydrogen-bond donors (Lipinski definition) is 0. The number of hydrogen-bond acceptors (Lipinski definition) is 4. The van der Waals surface area contributed by atoms with Gasteiger partial charge in [-0.1, -0.05) is 0 Å². The molecule has 5 nitrogen and oxygen atoms in total. The Morgan fingerprint density at radius 3 is 2.71 bits per heavy atom. The third-order valence-corrected chi connectivity index (χ3v) is 5.56. The summed E-state index contributed by atoms with van der Waals surface area (Å²) < 4.78 is 16.6. The van der Waals surface area contributed by atoms with E-state index in [9.17, 15) is 4.79 Å². The molecule has 0 bridgehead atoms. The van der Waals surface area contributed by atoms with Crippen LogP contribution in [0.2, 0.25) is 0 Å². The number of carbonyl (C=O) groups excluding carboxylic acids is 1. The van der Waals surface area contributed by atoms with Crippen molar-refractivity contribution in [3.05, 3.63) is 0 Å². The van der Waals surface area contributed by atoms with Crippen LogP contribution in [0.4, 0.5) is 4.79 Å². The number of carbonyl (C=O) groups is 1. The Morgan fingerprint density at radius 1 is 1.33 bits per heavy atom. The van der Waals surface area contributed by atoms with Crippen molar-refractivity contribution < 1.29 is 19.0 Å². The molecule has 2 rings (SSSR count). The molecule has 0 N–H and O–H groups in total. The Bertz CT molecular complexity index is 485. The van der Waals surface area contributed by atoms with E-state index in [2.05, 4.69) is 5.63 Å². The van der Waals surface area contributed by atoms with Crippen molar-refractivity contribution in [2.24, 2.45) is 0 Å². The Hall–Kier alpha value is -0.730. The molecule has 0 aromatic rings. The Morgan fingerprint density at radius 2 is 2.04 bits per heavy atom. The number of rotatable bonds is 4. The molecule has 138 valence electrons. The van der Waals surface area contributed by atoms with Gasteiger partial charge >= 0.3 is 6.09 Å². The minimum Gasteiger partial charge on any atom is -0.444 e. The highest BCUT2D eigenvalue weighted by Gasteiger charge is 2.30. The first-order valence-electron chi connectivity index (χ1n) is 9.02. The van der Waals surface area contributed by atoms with Gasteiger partial charge in [-0.05, 0) is 47.0 Å². The monoisotopic (exact) mass is 357 g/mol. The van der Waals surface area contributed by atoms with Gasteiger partial charge in [-0.25, -0.2) is 4.79 Å². The van der Waals surface area contributed by atoms with E-state index in [0.29, 0.717) is 26.9 Å². The van der Waals surface area contributed by atoms with Crippen molar-refractivity contribution in [1.82, 2.24) is 4.90 Å². The summed E-state index contributed by atoms with van der Waals surface area (Å²) in [6.07, 6.45) is 5.07. The normalized spacial score (nSPS) is 23.5. The third-order valence-electron chi connectivity index (χ3n) is 4.23. The maximum atomic E-state index is 12.0. The first-order chi connectivity index (χ1) is 11.3. The van der Waals surface area contributed by atoms with Crippen molar-refractivity contribution >= 4 is 14.1 Å². The quantitative estimate of drug-likeness (QED) is 0.564. The largest absolute Gasteiger partial charge is 0.444 e. The van der Waals surface area contributed by atoms with Crippen LogP contribution < -0.4 is 0 Å². The summed E-state index contributed by atoms with van der Waals surface area (Å²) in [4.78, 5) is 13.9. The molecule has 0 aliphatic carbocycles. The van der Waals surface area contributed by atoms with E-state index >= 15 is 0 Å². The summed E-state index contributed by atoms with van der Waals surface area (Å²) in [7, 11) is 0.701. The summed E-state index contributed by atoms with van der Waals surface area (Å²) in [5.74, 6) is -0.359. The van der Waals surface area contributed by atoms with E-state index in [1.807, 2.05) is 32.6 Å². The number of nitrogens with zero attached hydrogens (tertiary/aromatic N) is 1. The standard InChI is InChI=1S/C18H32NO4P/c1-17(2,3)23-16(20)19-10-8-15(14-19)24-13-7-5-6-9-18(4)21-11-12-22-18/h15,24H,5-12,14H2,1-4H3. The molecule has 0 saturated carbocycles. The van der Waals surface area contributed by atoms with Crippen molar-refractivity contribution in [2.45, 2.75) is 76.8 Å². The van der Waals surface area contributed by atoms with Crippen LogP contribution in [-0.4, -0.2) is 54.3 Å². The zero-order chi connectivity index (χ0) is 17.6. The van der Waals surface area contributed by atoms with Crippen LogP contribution in [0.25, 0.3) is 0 Å². The van der Waals surface area contributed by atoms with E-state index in [1.54, 1.807) is 0 Å². The van der Waals surface area contributed by atoms with Gasteiger partial charge in [0.2, 0.25) is 0 Å². The second-order valence-corrected chi connectivity index (χ2v) is 9.23. The average molecular weight is 357 g/mol. The van der Waals surface area contributed by atoms with Gasteiger partial charge in [0.15, 0.2) is 5.79 Å². The maximum absolute atomic E-state index is 12.0. The van der Waals surface area contributed by atoms with Crippen molar-refractivity contribution in [2.75, 3.05) is 26.3 Å². The molecular formula is C18H32NO4P. The predicted molar refractivity (Wildman–Crippen MR) is 97.2 cm³/mol. The zero-order valence-electron chi connectivity index (χ0n) is 15.5. The molecule has 0 aromatic carbocycles. The fraction of sp³-hybridized carbons (Fsp3) is 0.889. The van der Waals surface area contributed by atoms with Gasteiger partial charge in [0.25, 0.3) is 0 Å². The molecule has 2 aliphatic rings. The topological polar surface area (TPSA) is 48.0 Å². The summed E-state index contributed by atoms with van der Waals surface area (Å²) in [5.41, 5.74) is 3.68. The van der Waals surface area contributed by atoms with Crippen molar-refractivity contribution in [1.29, 1.82) is 0 Å². The Balaban J connectivity index is 1.61. The van der Waals surface area contributed by atoms with Crippen molar-refractivity contribution in [3.8, 4) is 5.63 Å². The number of likely N-dealkylation sites (tertiary alicyclic amines) is 1. The van der Waals surface area contributed by atoms with Gasteiger partial charge in [0.1, 0.15) is 5.60 Å². The lowest BCUT2D eigenvalue weighted by molar-refractivity contribution is -0.147. The van der Waals surface area contributed by atoms with Crippen LogP contribution in [0.1, 0.15) is 59.8 Å². The summed E-state index contributed by atoms with van der Waals surface area (Å²) in [6, 6.07) is 0. The number of amides is 1. The molecule has 0 aromatic heterocycles. The summed E-state index contributed by atoms with van der Waals surface area (Å²) >= 11 is 0. The first kappa shape index (κ1) is 19.6. The molecule has 6 heteroatoms. The molecular weight excluding hydrogens is 325 g/mol. The minimum absolute atomic E-state index is 0.181. The molecule has 2 heterocycles. The lowest BCUT2D eigenvalue weighted by Crippen LogP contribution is -2.35. The van der Waals surface area contributed by atoms with Gasteiger partial charge in [-0.2, -0.15) is 0 Å². The number of ether oxygens (including phenoxy) is 3. The molecule has 24 heavy (non-hydrogen) atoms. The fourth-order valence-electron chi connectivity index (χ4n) is 2.95. The molecule has 2 saturated heterocycles.